The molecule has 0 amide bonds. The van der Waals surface area contributed by atoms with Crippen molar-refractivity contribution in [1.82, 2.24) is 14.9 Å². The predicted octanol–water partition coefficient (Wildman–Crippen LogP) is 2.78. The second-order valence-electron chi connectivity index (χ2n) is 5.12. The van der Waals surface area contributed by atoms with Crippen LogP contribution in [0.3, 0.4) is 0 Å². The first kappa shape index (κ1) is 10.8. The normalized spacial score (nSPS) is 17.1. The zero-order valence-corrected chi connectivity index (χ0v) is 10.6. The van der Waals surface area contributed by atoms with Gasteiger partial charge in [-0.05, 0) is 63.0 Å². The largest absolute Gasteiger partial charge is 0.341 e. The molecule has 2 aromatic rings. The summed E-state index contributed by atoms with van der Waals surface area (Å²) in [6.07, 6.45) is 2.66. The molecule has 0 saturated carbocycles. The fourth-order valence-corrected chi connectivity index (χ4v) is 2.55. The first-order valence-electron chi connectivity index (χ1n) is 6.40. The Labute approximate surface area is 102 Å². The number of nitrogens with zero attached hydrogens (tertiary/aromatic N) is 2. The highest BCUT2D eigenvalue weighted by Crippen LogP contribution is 2.18. The van der Waals surface area contributed by atoms with Crippen LogP contribution in [0, 0.1) is 13.8 Å². The second-order valence-corrected chi connectivity index (χ2v) is 5.12. The molecule has 3 heteroatoms. The molecule has 0 spiro atoms. The average Bonchev–Trinajstić information content (AvgIpc) is 2.89. The minimum atomic E-state index is 0.965. The van der Waals surface area contributed by atoms with Crippen LogP contribution in [-0.2, 0) is 6.54 Å². The number of nitrogens with one attached hydrogen (secondary N) is 1. The SMILES string of the molecule is Cc1cc2nc(CN3CCCC3)[nH]c2cc1C. The van der Waals surface area contributed by atoms with E-state index in [-0.39, 0.29) is 0 Å². The predicted molar refractivity (Wildman–Crippen MR) is 70.1 cm³/mol. The molecule has 90 valence electrons. The fraction of sp³-hybridized carbons (Fsp3) is 0.500. The number of aryl methyl sites for hydroxylation is 2. The van der Waals surface area contributed by atoms with Gasteiger partial charge in [-0.15, -0.1) is 0 Å². The summed E-state index contributed by atoms with van der Waals surface area (Å²) in [7, 11) is 0. The van der Waals surface area contributed by atoms with Crippen molar-refractivity contribution < 1.29 is 0 Å². The lowest BCUT2D eigenvalue weighted by molar-refractivity contribution is 0.324. The molecule has 0 radical (unpaired) electrons. The van der Waals surface area contributed by atoms with Crippen LogP contribution in [0.25, 0.3) is 11.0 Å². The van der Waals surface area contributed by atoms with Gasteiger partial charge in [-0.1, -0.05) is 0 Å². The Balaban J connectivity index is 1.90. The lowest BCUT2D eigenvalue weighted by Gasteiger charge is -2.11. The third-order valence-corrected chi connectivity index (χ3v) is 3.72. The summed E-state index contributed by atoms with van der Waals surface area (Å²) in [5.74, 6) is 1.10. The van der Waals surface area contributed by atoms with E-state index in [4.69, 9.17) is 0 Å². The Morgan fingerprint density at radius 1 is 1.18 bits per heavy atom. The molecule has 0 atom stereocenters. The van der Waals surface area contributed by atoms with Gasteiger partial charge in [-0.25, -0.2) is 4.98 Å². The molecule has 0 bridgehead atoms. The minimum Gasteiger partial charge on any atom is -0.341 e. The number of rotatable bonds is 2. The van der Waals surface area contributed by atoms with E-state index in [1.807, 2.05) is 0 Å². The Morgan fingerprint density at radius 2 is 1.88 bits per heavy atom. The quantitative estimate of drug-likeness (QED) is 0.858. The number of likely N-dealkylation sites (tertiary alicyclic amines) is 1. The van der Waals surface area contributed by atoms with Crippen LogP contribution in [-0.4, -0.2) is 28.0 Å². The van der Waals surface area contributed by atoms with E-state index in [1.165, 1.54) is 42.6 Å². The third-order valence-electron chi connectivity index (χ3n) is 3.72. The maximum Gasteiger partial charge on any atom is 0.121 e. The van der Waals surface area contributed by atoms with Crippen molar-refractivity contribution in [2.45, 2.75) is 33.2 Å². The summed E-state index contributed by atoms with van der Waals surface area (Å²) < 4.78 is 0. The monoisotopic (exact) mass is 229 g/mol. The summed E-state index contributed by atoms with van der Waals surface area (Å²) in [5, 5.41) is 0. The van der Waals surface area contributed by atoms with Crippen molar-refractivity contribution in [3.63, 3.8) is 0 Å². The van der Waals surface area contributed by atoms with Gasteiger partial charge in [0.15, 0.2) is 0 Å². The molecule has 3 rings (SSSR count). The topological polar surface area (TPSA) is 31.9 Å². The number of hydrogen-bond donors (Lipinski definition) is 1. The molecule has 2 heterocycles. The number of fused-ring (bicyclic) bond motifs is 1. The van der Waals surface area contributed by atoms with Gasteiger partial charge in [-0.3, -0.25) is 4.90 Å². The van der Waals surface area contributed by atoms with Gasteiger partial charge < -0.3 is 4.98 Å². The summed E-state index contributed by atoms with van der Waals surface area (Å²) in [6.45, 7) is 7.69. The Hall–Kier alpha value is -1.35. The lowest BCUT2D eigenvalue weighted by atomic mass is 10.1. The van der Waals surface area contributed by atoms with E-state index < -0.39 is 0 Å². The highest BCUT2D eigenvalue weighted by Gasteiger charge is 2.13. The molecule has 1 aliphatic heterocycles. The average molecular weight is 229 g/mol. The molecule has 1 aromatic carbocycles. The fourth-order valence-electron chi connectivity index (χ4n) is 2.55. The van der Waals surface area contributed by atoms with Gasteiger partial charge >= 0.3 is 0 Å². The Morgan fingerprint density at radius 3 is 2.65 bits per heavy atom. The molecule has 0 unspecified atom stereocenters. The molecule has 3 nitrogen and oxygen atoms in total. The lowest BCUT2D eigenvalue weighted by Crippen LogP contribution is -2.19. The second kappa shape index (κ2) is 4.15. The van der Waals surface area contributed by atoms with E-state index in [0.717, 1.165) is 17.9 Å². The van der Waals surface area contributed by atoms with Gasteiger partial charge in [0.05, 0.1) is 17.6 Å². The van der Waals surface area contributed by atoms with Gasteiger partial charge in [0, 0.05) is 0 Å². The van der Waals surface area contributed by atoms with Crippen LogP contribution in [0.15, 0.2) is 12.1 Å². The van der Waals surface area contributed by atoms with Crippen molar-refractivity contribution in [3.05, 3.63) is 29.1 Å². The molecule has 1 aliphatic rings. The Kier molecular flexibility index (Phi) is 2.63. The smallest absolute Gasteiger partial charge is 0.121 e. The summed E-state index contributed by atoms with van der Waals surface area (Å²) in [5.41, 5.74) is 4.91. The number of H-pyrrole nitrogens is 1. The van der Waals surface area contributed by atoms with Gasteiger partial charge in [0.2, 0.25) is 0 Å². The molecule has 1 aromatic heterocycles. The molecular weight excluding hydrogens is 210 g/mol. The van der Waals surface area contributed by atoms with Crippen molar-refractivity contribution in [2.24, 2.45) is 0 Å². The van der Waals surface area contributed by atoms with Crippen LogP contribution in [0.4, 0.5) is 0 Å². The van der Waals surface area contributed by atoms with E-state index >= 15 is 0 Å². The first-order chi connectivity index (χ1) is 8.22. The molecule has 1 saturated heterocycles. The number of hydrogen-bond acceptors (Lipinski definition) is 2. The van der Waals surface area contributed by atoms with Crippen molar-refractivity contribution in [2.75, 3.05) is 13.1 Å². The van der Waals surface area contributed by atoms with E-state index in [1.54, 1.807) is 0 Å². The van der Waals surface area contributed by atoms with Crippen molar-refractivity contribution in [1.29, 1.82) is 0 Å². The van der Waals surface area contributed by atoms with Crippen molar-refractivity contribution in [3.8, 4) is 0 Å². The molecular formula is C14H19N3. The maximum atomic E-state index is 4.68. The van der Waals surface area contributed by atoms with E-state index in [9.17, 15) is 0 Å². The van der Waals surface area contributed by atoms with Gasteiger partial charge in [0.1, 0.15) is 5.82 Å². The number of aromatic nitrogens is 2. The zero-order chi connectivity index (χ0) is 11.8. The highest BCUT2D eigenvalue weighted by molar-refractivity contribution is 5.77. The minimum absolute atomic E-state index is 0.965. The van der Waals surface area contributed by atoms with Crippen LogP contribution in [0.1, 0.15) is 29.8 Å². The van der Waals surface area contributed by atoms with E-state index in [2.05, 4.69) is 40.8 Å². The number of aromatic amines is 1. The zero-order valence-electron chi connectivity index (χ0n) is 10.6. The Bertz CT molecular complexity index is 497. The maximum absolute atomic E-state index is 4.68. The molecule has 1 fully saturated rings. The summed E-state index contributed by atoms with van der Waals surface area (Å²) in [6, 6.07) is 4.37. The van der Waals surface area contributed by atoms with Crippen molar-refractivity contribution >= 4 is 11.0 Å². The number of benzene rings is 1. The first-order valence-corrected chi connectivity index (χ1v) is 6.40. The van der Waals surface area contributed by atoms with Gasteiger partial charge in [0.25, 0.3) is 0 Å². The van der Waals surface area contributed by atoms with Crippen LogP contribution < -0.4 is 0 Å². The van der Waals surface area contributed by atoms with E-state index in [0.29, 0.717) is 0 Å². The molecule has 17 heavy (non-hydrogen) atoms. The van der Waals surface area contributed by atoms with Crippen LogP contribution >= 0.6 is 0 Å². The van der Waals surface area contributed by atoms with Crippen LogP contribution in [0.5, 0.6) is 0 Å². The summed E-state index contributed by atoms with van der Waals surface area (Å²) in [4.78, 5) is 10.6. The number of imidazole rings is 1. The molecule has 0 aliphatic carbocycles. The standard InChI is InChI=1S/C14H19N3/c1-10-7-12-13(8-11(10)2)16-14(15-12)9-17-5-3-4-6-17/h7-8H,3-6,9H2,1-2H3,(H,15,16). The highest BCUT2D eigenvalue weighted by atomic mass is 15.2. The molecule has 1 N–H and O–H groups in total. The summed E-state index contributed by atoms with van der Waals surface area (Å²) >= 11 is 0. The van der Waals surface area contributed by atoms with Gasteiger partial charge in [-0.2, -0.15) is 0 Å². The van der Waals surface area contributed by atoms with Crippen LogP contribution in [0.2, 0.25) is 0 Å². The third kappa shape index (κ3) is 2.07.